The molecule has 0 aliphatic carbocycles. The average molecular weight is 307 g/mol. The van der Waals surface area contributed by atoms with E-state index in [0.29, 0.717) is 42.1 Å². The Morgan fingerprint density at radius 3 is 2.71 bits per heavy atom. The maximum absolute atomic E-state index is 12.4. The summed E-state index contributed by atoms with van der Waals surface area (Å²) in [7, 11) is 0. The number of carbonyl (C=O) groups excluding carboxylic acids is 1. The fourth-order valence-corrected chi connectivity index (χ4v) is 2.50. The van der Waals surface area contributed by atoms with Gasteiger partial charge >= 0.3 is 0 Å². The highest BCUT2D eigenvalue weighted by Gasteiger charge is 2.30. The number of nitrogens with two attached hydrogens (primary N) is 1. The van der Waals surface area contributed by atoms with Crippen LogP contribution in [0.25, 0.3) is 0 Å². The van der Waals surface area contributed by atoms with E-state index in [2.05, 4.69) is 11.8 Å². The molecule has 0 atom stereocenters. The highest BCUT2D eigenvalue weighted by Crippen LogP contribution is 2.24. The molecule has 1 heterocycles. The first kappa shape index (κ1) is 15.8. The monoisotopic (exact) mass is 306 g/mol. The lowest BCUT2D eigenvalue weighted by molar-refractivity contribution is -0.00202. The van der Waals surface area contributed by atoms with Crippen molar-refractivity contribution in [3.63, 3.8) is 0 Å². The molecule has 3 N–H and O–H groups in total. The van der Waals surface area contributed by atoms with Gasteiger partial charge in [0.05, 0.1) is 17.2 Å². The zero-order chi connectivity index (χ0) is 15.5. The minimum atomic E-state index is -0.671. The summed E-state index contributed by atoms with van der Waals surface area (Å²) in [6, 6.07) is 5.09. The summed E-state index contributed by atoms with van der Waals surface area (Å²) in [5.74, 6) is 5.54. The molecule has 0 unspecified atom stereocenters. The van der Waals surface area contributed by atoms with Crippen molar-refractivity contribution in [3.05, 3.63) is 34.3 Å². The number of hydrogen-bond acceptors (Lipinski definition) is 3. The number of hydrogen-bond donors (Lipinski definition) is 2. The Labute approximate surface area is 129 Å². The first-order chi connectivity index (χ1) is 9.93. The summed E-state index contributed by atoms with van der Waals surface area (Å²) in [4.78, 5) is 14.2. The Bertz CT molecular complexity index is 592. The summed E-state index contributed by atoms with van der Waals surface area (Å²) in [6.07, 6.45) is 1.18. The van der Waals surface area contributed by atoms with Crippen molar-refractivity contribution < 1.29 is 9.90 Å². The van der Waals surface area contributed by atoms with Crippen LogP contribution >= 0.6 is 11.6 Å². The van der Waals surface area contributed by atoms with Crippen molar-refractivity contribution in [3.8, 4) is 11.8 Å². The maximum Gasteiger partial charge on any atom is 0.253 e. The van der Waals surface area contributed by atoms with Gasteiger partial charge in [-0.2, -0.15) is 0 Å². The Morgan fingerprint density at radius 2 is 2.14 bits per heavy atom. The molecule has 0 bridgehead atoms. The lowest BCUT2D eigenvalue weighted by atomic mass is 9.93. The van der Waals surface area contributed by atoms with Crippen LogP contribution in [-0.2, 0) is 0 Å². The molecule has 0 spiro atoms. The van der Waals surface area contributed by atoms with Crippen molar-refractivity contribution in [2.75, 3.05) is 19.6 Å². The van der Waals surface area contributed by atoms with Crippen LogP contribution in [0.3, 0.4) is 0 Å². The lowest BCUT2D eigenvalue weighted by Gasteiger charge is -2.35. The van der Waals surface area contributed by atoms with Gasteiger partial charge in [-0.1, -0.05) is 23.4 Å². The predicted molar refractivity (Wildman–Crippen MR) is 83.1 cm³/mol. The van der Waals surface area contributed by atoms with Crippen LogP contribution in [0.1, 0.15) is 35.7 Å². The van der Waals surface area contributed by atoms with E-state index in [1.54, 1.807) is 30.0 Å². The van der Waals surface area contributed by atoms with Gasteiger partial charge in [0.2, 0.25) is 0 Å². The summed E-state index contributed by atoms with van der Waals surface area (Å²) in [5.41, 5.74) is 5.86. The van der Waals surface area contributed by atoms with Crippen molar-refractivity contribution >= 4 is 17.5 Å². The van der Waals surface area contributed by atoms with E-state index in [-0.39, 0.29) is 12.5 Å². The van der Waals surface area contributed by atoms with Crippen molar-refractivity contribution in [2.45, 2.75) is 25.4 Å². The number of aliphatic hydroxyl groups is 1. The molecule has 0 radical (unpaired) electrons. The van der Waals surface area contributed by atoms with E-state index in [1.807, 2.05) is 0 Å². The number of likely N-dealkylation sites (tertiary alicyclic amines) is 1. The van der Waals surface area contributed by atoms with Gasteiger partial charge in [0.1, 0.15) is 0 Å². The molecular formula is C16H19ClN2O2. The van der Waals surface area contributed by atoms with Crippen LogP contribution in [0.4, 0.5) is 0 Å². The number of rotatable bonds is 1. The smallest absolute Gasteiger partial charge is 0.253 e. The quantitative estimate of drug-likeness (QED) is 0.775. The molecule has 1 saturated heterocycles. The van der Waals surface area contributed by atoms with Gasteiger partial charge in [-0.3, -0.25) is 4.79 Å². The minimum absolute atomic E-state index is 0.0641. The number of carbonyl (C=O) groups is 1. The summed E-state index contributed by atoms with van der Waals surface area (Å²) in [6.45, 7) is 3.18. The SMILES string of the molecule is CC1(O)CCN(C(=O)c2ccc(C#CCN)c(Cl)c2)CC1. The van der Waals surface area contributed by atoms with E-state index >= 15 is 0 Å². The first-order valence-corrected chi connectivity index (χ1v) is 7.31. The van der Waals surface area contributed by atoms with Crippen LogP contribution in [0, 0.1) is 11.8 Å². The van der Waals surface area contributed by atoms with Gasteiger partial charge in [0.15, 0.2) is 0 Å². The normalized spacial score (nSPS) is 17.0. The number of nitrogens with zero attached hydrogens (tertiary/aromatic N) is 1. The zero-order valence-corrected chi connectivity index (χ0v) is 12.8. The summed E-state index contributed by atoms with van der Waals surface area (Å²) in [5, 5.41) is 10.4. The molecule has 1 amide bonds. The minimum Gasteiger partial charge on any atom is -0.390 e. The molecule has 0 saturated carbocycles. The topological polar surface area (TPSA) is 66.6 Å². The van der Waals surface area contributed by atoms with Crippen LogP contribution in [-0.4, -0.2) is 41.1 Å². The molecule has 4 nitrogen and oxygen atoms in total. The van der Waals surface area contributed by atoms with Gasteiger partial charge < -0.3 is 15.7 Å². The third kappa shape index (κ3) is 3.98. The van der Waals surface area contributed by atoms with Crippen LogP contribution in [0.5, 0.6) is 0 Å². The molecule has 1 fully saturated rings. The zero-order valence-electron chi connectivity index (χ0n) is 12.0. The van der Waals surface area contributed by atoms with Crippen molar-refractivity contribution in [1.29, 1.82) is 0 Å². The summed E-state index contributed by atoms with van der Waals surface area (Å²) < 4.78 is 0. The van der Waals surface area contributed by atoms with E-state index in [4.69, 9.17) is 17.3 Å². The highest BCUT2D eigenvalue weighted by atomic mass is 35.5. The Balaban J connectivity index is 2.12. The number of benzene rings is 1. The Hall–Kier alpha value is -1.54. The first-order valence-electron chi connectivity index (χ1n) is 6.93. The standard InChI is InChI=1S/C16H19ClN2O2/c1-16(21)6-9-19(10-7-16)15(20)13-5-4-12(3-2-8-18)14(17)11-13/h4-5,11,21H,6-10,18H2,1H3. The average Bonchev–Trinajstić information content (AvgIpc) is 2.45. The Kier molecular flexibility index (Phi) is 4.89. The molecule has 5 heteroatoms. The number of halogens is 1. The van der Waals surface area contributed by atoms with Crippen LogP contribution in [0.15, 0.2) is 18.2 Å². The fourth-order valence-electron chi connectivity index (χ4n) is 2.27. The molecule has 21 heavy (non-hydrogen) atoms. The van der Waals surface area contributed by atoms with E-state index in [1.165, 1.54) is 0 Å². The molecule has 1 aromatic rings. The molecule has 112 valence electrons. The second-order valence-electron chi connectivity index (χ2n) is 5.49. The van der Waals surface area contributed by atoms with E-state index < -0.39 is 5.60 Å². The molecular weight excluding hydrogens is 288 g/mol. The van der Waals surface area contributed by atoms with Crippen LogP contribution in [0.2, 0.25) is 5.02 Å². The van der Waals surface area contributed by atoms with Gasteiger partial charge in [-0.25, -0.2) is 0 Å². The lowest BCUT2D eigenvalue weighted by Crippen LogP contribution is -2.45. The molecule has 1 aromatic carbocycles. The molecule has 0 aromatic heterocycles. The maximum atomic E-state index is 12.4. The van der Waals surface area contributed by atoms with Crippen LogP contribution < -0.4 is 5.73 Å². The molecule has 1 aliphatic heterocycles. The molecule has 1 aliphatic rings. The van der Waals surface area contributed by atoms with Crippen molar-refractivity contribution in [1.82, 2.24) is 4.90 Å². The van der Waals surface area contributed by atoms with Gasteiger partial charge in [0, 0.05) is 24.2 Å². The summed E-state index contributed by atoms with van der Waals surface area (Å²) >= 11 is 6.14. The third-order valence-electron chi connectivity index (χ3n) is 3.67. The van der Waals surface area contributed by atoms with E-state index in [0.717, 1.165) is 0 Å². The van der Waals surface area contributed by atoms with Gasteiger partial charge in [-0.05, 0) is 38.0 Å². The van der Waals surface area contributed by atoms with Gasteiger partial charge in [0.25, 0.3) is 5.91 Å². The fraction of sp³-hybridized carbons (Fsp3) is 0.438. The second kappa shape index (κ2) is 6.48. The number of amides is 1. The molecule has 2 rings (SSSR count). The number of piperidine rings is 1. The van der Waals surface area contributed by atoms with Gasteiger partial charge in [-0.15, -0.1) is 0 Å². The van der Waals surface area contributed by atoms with E-state index in [9.17, 15) is 9.90 Å². The largest absolute Gasteiger partial charge is 0.390 e. The third-order valence-corrected chi connectivity index (χ3v) is 3.98. The second-order valence-corrected chi connectivity index (χ2v) is 5.90. The highest BCUT2D eigenvalue weighted by molar-refractivity contribution is 6.32. The van der Waals surface area contributed by atoms with Crippen molar-refractivity contribution in [2.24, 2.45) is 5.73 Å². The Morgan fingerprint density at radius 1 is 1.48 bits per heavy atom. The predicted octanol–water partition coefficient (Wildman–Crippen LogP) is 1.64.